The molecule has 162 valence electrons. The molecular formula is C25H29N3O3. The number of hydrogen-bond acceptors (Lipinski definition) is 4. The minimum absolute atomic E-state index is 0.0997. The number of nitrogens with one attached hydrogen (secondary N) is 1. The van der Waals surface area contributed by atoms with Crippen molar-refractivity contribution in [3.63, 3.8) is 0 Å². The minimum atomic E-state index is -0.483. The molecule has 2 amide bonds. The van der Waals surface area contributed by atoms with Crippen LogP contribution in [-0.4, -0.2) is 42.1 Å². The molecule has 0 saturated carbocycles. The Morgan fingerprint density at radius 3 is 2.35 bits per heavy atom. The Bertz CT molecular complexity index is 985. The summed E-state index contributed by atoms with van der Waals surface area (Å²) in [7, 11) is 0. The molecule has 0 radical (unpaired) electrons. The highest BCUT2D eigenvalue weighted by molar-refractivity contribution is 6.04. The number of carbonyl (C=O) groups excluding carboxylic acids is 2. The number of para-hydroxylation sites is 1. The van der Waals surface area contributed by atoms with E-state index in [1.54, 1.807) is 6.92 Å². The first-order chi connectivity index (χ1) is 15.1. The third kappa shape index (κ3) is 3.81. The number of carbonyl (C=O) groups is 2. The molecule has 2 fully saturated rings. The van der Waals surface area contributed by atoms with Gasteiger partial charge in [0.05, 0.1) is 24.5 Å². The lowest BCUT2D eigenvalue weighted by Gasteiger charge is -2.29. The molecule has 3 aliphatic heterocycles. The van der Waals surface area contributed by atoms with Crippen molar-refractivity contribution in [2.75, 3.05) is 23.4 Å². The fraction of sp³-hybridized carbons (Fsp3) is 0.440. The van der Waals surface area contributed by atoms with Gasteiger partial charge in [-0.3, -0.25) is 19.9 Å². The molecule has 3 heterocycles. The lowest BCUT2D eigenvalue weighted by molar-refractivity contribution is -0.119. The maximum absolute atomic E-state index is 13.8. The number of fused-ring (bicyclic) bond motifs is 4. The summed E-state index contributed by atoms with van der Waals surface area (Å²) in [5, 5.41) is 2.78. The van der Waals surface area contributed by atoms with Crippen LogP contribution in [-0.2, 0) is 22.4 Å². The van der Waals surface area contributed by atoms with E-state index in [9.17, 15) is 9.59 Å². The molecule has 31 heavy (non-hydrogen) atoms. The predicted molar refractivity (Wildman–Crippen MR) is 121 cm³/mol. The largest absolute Gasteiger partial charge is 0.450 e. The van der Waals surface area contributed by atoms with Crippen molar-refractivity contribution in [2.45, 2.75) is 57.5 Å². The SMILES string of the molecule is CCOC(=O)Nc1ccc2c(c1)N(C(=O)CN1[C@H]3CC[C@@H]1CC3)c1ccccc1CC2. The van der Waals surface area contributed by atoms with E-state index in [1.165, 1.54) is 31.2 Å². The third-order valence-electron chi connectivity index (χ3n) is 6.92. The third-order valence-corrected chi connectivity index (χ3v) is 6.92. The van der Waals surface area contributed by atoms with Gasteiger partial charge in [-0.15, -0.1) is 0 Å². The van der Waals surface area contributed by atoms with E-state index < -0.39 is 6.09 Å². The highest BCUT2D eigenvalue weighted by atomic mass is 16.5. The first-order valence-corrected chi connectivity index (χ1v) is 11.4. The van der Waals surface area contributed by atoms with Gasteiger partial charge in [-0.2, -0.15) is 0 Å². The van der Waals surface area contributed by atoms with Crippen LogP contribution < -0.4 is 10.2 Å². The molecule has 0 atom stereocenters. The van der Waals surface area contributed by atoms with Gasteiger partial charge in [0.15, 0.2) is 0 Å². The molecule has 6 heteroatoms. The number of benzene rings is 2. The number of ether oxygens (including phenoxy) is 1. The summed E-state index contributed by atoms with van der Waals surface area (Å²) >= 11 is 0. The van der Waals surface area contributed by atoms with Gasteiger partial charge < -0.3 is 4.74 Å². The molecule has 0 aromatic heterocycles. The average Bonchev–Trinajstić information content (AvgIpc) is 3.27. The first-order valence-electron chi connectivity index (χ1n) is 11.4. The average molecular weight is 420 g/mol. The molecule has 0 aliphatic carbocycles. The van der Waals surface area contributed by atoms with E-state index in [0.717, 1.165) is 29.8 Å². The van der Waals surface area contributed by atoms with Crippen molar-refractivity contribution in [3.8, 4) is 0 Å². The van der Waals surface area contributed by atoms with E-state index in [4.69, 9.17) is 4.74 Å². The first kappa shape index (κ1) is 20.1. The number of anilines is 3. The Morgan fingerprint density at radius 2 is 1.65 bits per heavy atom. The minimum Gasteiger partial charge on any atom is -0.450 e. The molecule has 2 aromatic rings. The molecule has 2 aromatic carbocycles. The highest BCUT2D eigenvalue weighted by Crippen LogP contribution is 2.40. The summed E-state index contributed by atoms with van der Waals surface area (Å²) in [4.78, 5) is 30.0. The topological polar surface area (TPSA) is 61.9 Å². The Hall–Kier alpha value is -2.86. The lowest BCUT2D eigenvalue weighted by atomic mass is 10.0. The van der Waals surface area contributed by atoms with Crippen LogP contribution in [0.2, 0.25) is 0 Å². The van der Waals surface area contributed by atoms with Gasteiger partial charge in [0.1, 0.15) is 0 Å². The van der Waals surface area contributed by atoms with E-state index in [0.29, 0.717) is 30.9 Å². The second-order valence-electron chi connectivity index (χ2n) is 8.68. The van der Waals surface area contributed by atoms with E-state index in [1.807, 2.05) is 41.3 Å². The molecule has 2 bridgehead atoms. The summed E-state index contributed by atoms with van der Waals surface area (Å²) < 4.78 is 5.03. The molecule has 0 spiro atoms. The summed E-state index contributed by atoms with van der Waals surface area (Å²) in [6.07, 6.45) is 6.08. The van der Waals surface area contributed by atoms with E-state index in [2.05, 4.69) is 16.3 Å². The second kappa shape index (κ2) is 8.35. The fourth-order valence-corrected chi connectivity index (χ4v) is 5.46. The van der Waals surface area contributed by atoms with Gasteiger partial charge >= 0.3 is 6.09 Å². The number of amides is 2. The monoisotopic (exact) mass is 419 g/mol. The molecule has 3 aliphatic rings. The van der Waals surface area contributed by atoms with Crippen molar-refractivity contribution in [3.05, 3.63) is 53.6 Å². The molecular weight excluding hydrogens is 390 g/mol. The zero-order valence-corrected chi connectivity index (χ0v) is 18.0. The van der Waals surface area contributed by atoms with Gasteiger partial charge in [-0.1, -0.05) is 24.3 Å². The Balaban J connectivity index is 1.51. The van der Waals surface area contributed by atoms with Crippen molar-refractivity contribution >= 4 is 29.1 Å². The van der Waals surface area contributed by atoms with Crippen LogP contribution in [0.4, 0.5) is 21.9 Å². The van der Waals surface area contributed by atoms with Gasteiger partial charge in [0, 0.05) is 17.8 Å². The fourth-order valence-electron chi connectivity index (χ4n) is 5.46. The number of nitrogens with zero attached hydrogens (tertiary/aromatic N) is 2. The number of rotatable bonds is 4. The summed E-state index contributed by atoms with van der Waals surface area (Å²) in [6.45, 7) is 2.53. The Labute approximate surface area is 183 Å². The van der Waals surface area contributed by atoms with Gasteiger partial charge in [0.2, 0.25) is 5.91 Å². The van der Waals surface area contributed by atoms with E-state index >= 15 is 0 Å². The summed E-state index contributed by atoms with van der Waals surface area (Å²) in [5.74, 6) is 0.0997. The zero-order chi connectivity index (χ0) is 21.4. The molecule has 6 nitrogen and oxygen atoms in total. The predicted octanol–water partition coefficient (Wildman–Crippen LogP) is 4.65. The lowest BCUT2D eigenvalue weighted by Crippen LogP contribution is -2.40. The Morgan fingerprint density at radius 1 is 0.968 bits per heavy atom. The van der Waals surface area contributed by atoms with Crippen LogP contribution in [0.3, 0.4) is 0 Å². The highest BCUT2D eigenvalue weighted by Gasteiger charge is 2.41. The number of aryl methyl sites for hydroxylation is 2. The molecule has 2 saturated heterocycles. The van der Waals surface area contributed by atoms with E-state index in [-0.39, 0.29) is 5.91 Å². The van der Waals surface area contributed by atoms with Crippen LogP contribution in [0.1, 0.15) is 43.7 Å². The maximum atomic E-state index is 13.8. The van der Waals surface area contributed by atoms with Gasteiger partial charge in [0.25, 0.3) is 0 Å². The molecule has 0 unspecified atom stereocenters. The maximum Gasteiger partial charge on any atom is 0.411 e. The molecule has 5 rings (SSSR count). The Kier molecular flexibility index (Phi) is 5.40. The summed E-state index contributed by atoms with van der Waals surface area (Å²) in [5.41, 5.74) is 4.73. The van der Waals surface area contributed by atoms with Crippen molar-refractivity contribution in [2.24, 2.45) is 0 Å². The van der Waals surface area contributed by atoms with Crippen molar-refractivity contribution in [1.29, 1.82) is 0 Å². The van der Waals surface area contributed by atoms with Crippen LogP contribution in [0, 0.1) is 0 Å². The second-order valence-corrected chi connectivity index (χ2v) is 8.68. The number of hydrogen-bond donors (Lipinski definition) is 1. The summed E-state index contributed by atoms with van der Waals surface area (Å²) in [6, 6.07) is 15.1. The zero-order valence-electron chi connectivity index (χ0n) is 18.0. The normalized spacial score (nSPS) is 21.9. The smallest absolute Gasteiger partial charge is 0.411 e. The standard InChI is InChI=1S/C25H29N3O3/c1-2-31-25(30)26-19-10-9-18-8-7-17-5-3-4-6-22(17)28(23(18)15-19)24(29)16-27-20-11-12-21(27)14-13-20/h3-6,9-10,15,20-21H,2,7-8,11-14,16H2,1H3,(H,26,30)/t20-,21+. The van der Waals surface area contributed by atoms with Gasteiger partial charge in [-0.25, -0.2) is 4.79 Å². The van der Waals surface area contributed by atoms with Crippen LogP contribution >= 0.6 is 0 Å². The van der Waals surface area contributed by atoms with Crippen LogP contribution in [0.25, 0.3) is 0 Å². The van der Waals surface area contributed by atoms with Crippen LogP contribution in [0.15, 0.2) is 42.5 Å². The quantitative estimate of drug-likeness (QED) is 0.784. The van der Waals surface area contributed by atoms with Crippen LogP contribution in [0.5, 0.6) is 0 Å². The molecule has 1 N–H and O–H groups in total. The van der Waals surface area contributed by atoms with Crippen molar-refractivity contribution in [1.82, 2.24) is 4.90 Å². The van der Waals surface area contributed by atoms with Crippen molar-refractivity contribution < 1.29 is 14.3 Å². The van der Waals surface area contributed by atoms with Gasteiger partial charge in [-0.05, 0) is 74.8 Å².